The molecule has 35 heavy (non-hydrogen) atoms. The van der Waals surface area contributed by atoms with E-state index in [2.05, 4.69) is 5.32 Å². The molecule has 0 spiro atoms. The minimum Gasteiger partial charge on any atom is -0.352 e. The van der Waals surface area contributed by atoms with Crippen LogP contribution in [-0.4, -0.2) is 50.0 Å². The predicted octanol–water partition coefficient (Wildman–Crippen LogP) is 3.69. The number of nitrogens with zero attached hydrogens (tertiary/aromatic N) is 2. The Hall–Kier alpha value is -3.46. The lowest BCUT2D eigenvalue weighted by Crippen LogP contribution is -2.52. The summed E-state index contributed by atoms with van der Waals surface area (Å²) in [5.41, 5.74) is 0.574. The summed E-state index contributed by atoms with van der Waals surface area (Å²) in [7, 11) is -3.87. The van der Waals surface area contributed by atoms with E-state index in [9.17, 15) is 22.4 Å². The molecule has 0 fully saturated rings. The highest BCUT2D eigenvalue weighted by molar-refractivity contribution is 7.92. The lowest BCUT2D eigenvalue weighted by molar-refractivity contribution is -0.139. The van der Waals surface area contributed by atoms with Crippen molar-refractivity contribution in [3.63, 3.8) is 0 Å². The van der Waals surface area contributed by atoms with Gasteiger partial charge in [0.25, 0.3) is 0 Å². The Morgan fingerprint density at radius 1 is 0.943 bits per heavy atom. The molecule has 0 aliphatic rings. The van der Waals surface area contributed by atoms with Gasteiger partial charge in [0.1, 0.15) is 18.4 Å². The van der Waals surface area contributed by atoms with Crippen LogP contribution in [0.1, 0.15) is 26.3 Å². The van der Waals surface area contributed by atoms with Crippen LogP contribution in [-0.2, 0) is 26.2 Å². The van der Waals surface area contributed by atoms with E-state index in [1.54, 1.807) is 51.1 Å². The standard InChI is InChI=1S/C26H30FN3O4S/c1-18(2)28-26(32)19(3)29(16-21-11-6-8-14-23(21)27)25(31)17-30(35(4,33)34)24-15-9-12-20-10-5-7-13-22(20)24/h5-15,18-19H,16-17H2,1-4H3,(H,28,32)/t19-/m1/s1. The second kappa shape index (κ2) is 10.9. The van der Waals surface area contributed by atoms with Crippen molar-refractivity contribution in [3.8, 4) is 0 Å². The average molecular weight is 500 g/mol. The van der Waals surface area contributed by atoms with Gasteiger partial charge in [-0.15, -0.1) is 0 Å². The first-order valence-corrected chi connectivity index (χ1v) is 13.1. The number of amides is 2. The first-order valence-electron chi connectivity index (χ1n) is 11.3. The Labute approximate surface area is 205 Å². The molecular formula is C26H30FN3O4S. The summed E-state index contributed by atoms with van der Waals surface area (Å²) in [5, 5.41) is 4.24. The van der Waals surface area contributed by atoms with Crippen molar-refractivity contribution in [1.82, 2.24) is 10.2 Å². The maximum Gasteiger partial charge on any atom is 0.244 e. The molecule has 0 radical (unpaired) electrons. The molecule has 0 bridgehead atoms. The minimum absolute atomic E-state index is 0.168. The smallest absolute Gasteiger partial charge is 0.244 e. The van der Waals surface area contributed by atoms with Crippen molar-refractivity contribution in [2.75, 3.05) is 17.1 Å². The Morgan fingerprint density at radius 2 is 1.57 bits per heavy atom. The number of fused-ring (bicyclic) bond motifs is 1. The number of sulfonamides is 1. The molecule has 0 aromatic heterocycles. The van der Waals surface area contributed by atoms with Gasteiger partial charge >= 0.3 is 0 Å². The maximum atomic E-state index is 14.4. The molecule has 7 nitrogen and oxygen atoms in total. The van der Waals surface area contributed by atoms with E-state index >= 15 is 0 Å². The summed E-state index contributed by atoms with van der Waals surface area (Å²) in [6, 6.07) is 17.3. The van der Waals surface area contributed by atoms with Crippen molar-refractivity contribution in [2.24, 2.45) is 0 Å². The SMILES string of the molecule is CC(C)NC(=O)[C@@H](C)N(Cc1ccccc1F)C(=O)CN(c1cccc2ccccc12)S(C)(=O)=O. The molecule has 3 aromatic carbocycles. The van der Waals surface area contributed by atoms with E-state index < -0.39 is 40.2 Å². The molecule has 1 atom stereocenters. The molecule has 2 amide bonds. The molecule has 0 aliphatic heterocycles. The first-order chi connectivity index (χ1) is 16.5. The zero-order chi connectivity index (χ0) is 25.8. The van der Waals surface area contributed by atoms with Crippen LogP contribution in [0.2, 0.25) is 0 Å². The van der Waals surface area contributed by atoms with Gasteiger partial charge in [0, 0.05) is 23.5 Å². The third kappa shape index (κ3) is 6.36. The molecular weight excluding hydrogens is 469 g/mol. The van der Waals surface area contributed by atoms with Crippen LogP contribution in [0.25, 0.3) is 10.8 Å². The zero-order valence-electron chi connectivity index (χ0n) is 20.2. The fourth-order valence-electron chi connectivity index (χ4n) is 3.82. The minimum atomic E-state index is -3.87. The summed E-state index contributed by atoms with van der Waals surface area (Å²) < 4.78 is 41.1. The van der Waals surface area contributed by atoms with E-state index in [0.29, 0.717) is 11.1 Å². The van der Waals surface area contributed by atoms with Crippen LogP contribution >= 0.6 is 0 Å². The first kappa shape index (κ1) is 26.2. The Balaban J connectivity index is 2.01. The van der Waals surface area contributed by atoms with Crippen LogP contribution in [0, 0.1) is 5.82 Å². The van der Waals surface area contributed by atoms with Gasteiger partial charge < -0.3 is 10.2 Å². The number of rotatable bonds is 9. The molecule has 9 heteroatoms. The number of nitrogens with one attached hydrogen (secondary N) is 1. The average Bonchev–Trinajstić information content (AvgIpc) is 2.80. The molecule has 3 rings (SSSR count). The molecule has 0 saturated heterocycles. The summed E-state index contributed by atoms with van der Waals surface area (Å²) in [6.07, 6.45) is 1.03. The fourth-order valence-corrected chi connectivity index (χ4v) is 4.68. The third-order valence-electron chi connectivity index (χ3n) is 5.61. The Bertz CT molecular complexity index is 1320. The predicted molar refractivity (Wildman–Crippen MR) is 136 cm³/mol. The van der Waals surface area contributed by atoms with E-state index in [4.69, 9.17) is 0 Å². The highest BCUT2D eigenvalue weighted by Crippen LogP contribution is 2.28. The largest absolute Gasteiger partial charge is 0.352 e. The van der Waals surface area contributed by atoms with Crippen LogP contribution in [0.3, 0.4) is 0 Å². The number of carbonyl (C=O) groups excluding carboxylic acids is 2. The van der Waals surface area contributed by atoms with Crippen LogP contribution in [0.15, 0.2) is 66.7 Å². The summed E-state index contributed by atoms with van der Waals surface area (Å²) in [5.74, 6) is -1.56. The lowest BCUT2D eigenvalue weighted by Gasteiger charge is -2.32. The van der Waals surface area contributed by atoms with Gasteiger partial charge in [0.05, 0.1) is 11.9 Å². The van der Waals surface area contributed by atoms with Crippen molar-refractivity contribution in [3.05, 3.63) is 78.1 Å². The number of hydrogen-bond acceptors (Lipinski definition) is 4. The van der Waals surface area contributed by atoms with Crippen LogP contribution in [0.4, 0.5) is 10.1 Å². The molecule has 0 saturated carbocycles. The second-order valence-corrected chi connectivity index (χ2v) is 10.6. The summed E-state index contributed by atoms with van der Waals surface area (Å²) in [4.78, 5) is 27.6. The van der Waals surface area contributed by atoms with Gasteiger partial charge in [0.15, 0.2) is 0 Å². The molecule has 0 aliphatic carbocycles. The maximum absolute atomic E-state index is 14.4. The normalized spacial score (nSPS) is 12.4. The quantitative estimate of drug-likeness (QED) is 0.487. The lowest BCUT2D eigenvalue weighted by atomic mass is 10.1. The van der Waals surface area contributed by atoms with E-state index in [1.165, 1.54) is 23.1 Å². The van der Waals surface area contributed by atoms with Crippen molar-refractivity contribution in [1.29, 1.82) is 0 Å². The van der Waals surface area contributed by atoms with Gasteiger partial charge in [-0.2, -0.15) is 0 Å². The molecule has 0 heterocycles. The van der Waals surface area contributed by atoms with Crippen molar-refractivity contribution in [2.45, 2.75) is 39.4 Å². The van der Waals surface area contributed by atoms with E-state index in [0.717, 1.165) is 15.9 Å². The Kier molecular flexibility index (Phi) is 8.11. The van der Waals surface area contributed by atoms with Gasteiger partial charge in [-0.05, 0) is 38.3 Å². The molecule has 3 aromatic rings. The zero-order valence-corrected chi connectivity index (χ0v) is 21.0. The van der Waals surface area contributed by atoms with Gasteiger partial charge in [0.2, 0.25) is 21.8 Å². The topological polar surface area (TPSA) is 86.8 Å². The van der Waals surface area contributed by atoms with Crippen molar-refractivity contribution >= 4 is 38.3 Å². The fraction of sp³-hybridized carbons (Fsp3) is 0.308. The highest BCUT2D eigenvalue weighted by atomic mass is 32.2. The van der Waals surface area contributed by atoms with E-state index in [1.807, 2.05) is 18.2 Å². The van der Waals surface area contributed by atoms with Gasteiger partial charge in [-0.25, -0.2) is 12.8 Å². The summed E-state index contributed by atoms with van der Waals surface area (Å²) in [6.45, 7) is 4.39. The number of hydrogen-bond donors (Lipinski definition) is 1. The third-order valence-corrected chi connectivity index (χ3v) is 6.74. The van der Waals surface area contributed by atoms with E-state index in [-0.39, 0.29) is 18.2 Å². The highest BCUT2D eigenvalue weighted by Gasteiger charge is 2.31. The second-order valence-electron chi connectivity index (χ2n) is 8.72. The van der Waals surface area contributed by atoms with Crippen LogP contribution < -0.4 is 9.62 Å². The molecule has 186 valence electrons. The Morgan fingerprint density at radius 3 is 2.23 bits per heavy atom. The molecule has 0 unspecified atom stereocenters. The van der Waals surface area contributed by atoms with Gasteiger partial charge in [-0.3, -0.25) is 13.9 Å². The number of halogens is 1. The molecule has 1 N–H and O–H groups in total. The number of benzene rings is 3. The number of carbonyl (C=O) groups is 2. The summed E-state index contributed by atoms with van der Waals surface area (Å²) >= 11 is 0. The van der Waals surface area contributed by atoms with Crippen LogP contribution in [0.5, 0.6) is 0 Å². The monoisotopic (exact) mass is 499 g/mol. The van der Waals surface area contributed by atoms with Crippen molar-refractivity contribution < 1.29 is 22.4 Å². The van der Waals surface area contributed by atoms with Gasteiger partial charge in [-0.1, -0.05) is 54.6 Å². The number of anilines is 1.